The van der Waals surface area contributed by atoms with Gasteiger partial charge < -0.3 is 29.8 Å². The van der Waals surface area contributed by atoms with Crippen LogP contribution in [-0.2, 0) is 26.0 Å². The Kier molecular flexibility index (Phi) is 8.48. The van der Waals surface area contributed by atoms with E-state index in [4.69, 9.17) is 19.6 Å². The Balaban J connectivity index is 1.70. The molecule has 4 aliphatic rings. The van der Waals surface area contributed by atoms with Gasteiger partial charge in [-0.1, -0.05) is 63.2 Å². The minimum absolute atomic E-state index is 0.0567. The molecule has 0 unspecified atom stereocenters. The number of aromatic hydroxyl groups is 1. The Morgan fingerprint density at radius 3 is 2.42 bits per heavy atom. The first-order valence-electron chi connectivity index (χ1n) is 16.1. The minimum atomic E-state index is -2.34. The van der Waals surface area contributed by atoms with Gasteiger partial charge in [-0.25, -0.2) is 4.79 Å². The molecule has 10 nitrogen and oxygen atoms in total. The number of aliphatic hydroxyl groups excluding tert-OH is 1. The van der Waals surface area contributed by atoms with Crippen LogP contribution in [0, 0.1) is 23.7 Å². The molecule has 0 spiro atoms. The molecule has 1 fully saturated rings. The predicted octanol–water partition coefficient (Wildman–Crippen LogP) is 4.45. The number of aliphatic hydroxyl groups is 1. The molecule has 2 aliphatic carbocycles. The molecule has 0 aromatic heterocycles. The quantitative estimate of drug-likeness (QED) is 0.130. The molecule has 11 heteroatoms. The molecule has 2 aliphatic heterocycles. The number of nitrogens with zero attached hydrogens (tertiary/aromatic N) is 1. The zero-order valence-corrected chi connectivity index (χ0v) is 28.4. The van der Waals surface area contributed by atoms with Crippen LogP contribution in [-0.4, -0.2) is 66.6 Å². The fourth-order valence-electron chi connectivity index (χ4n) is 7.60. The second-order valence-electron chi connectivity index (χ2n) is 12.4. The van der Waals surface area contributed by atoms with Gasteiger partial charge in [0.2, 0.25) is 0 Å². The van der Waals surface area contributed by atoms with E-state index in [1.807, 2.05) is 6.92 Å². The van der Waals surface area contributed by atoms with E-state index >= 15 is 0 Å². The molecule has 2 bridgehead atoms. The van der Waals surface area contributed by atoms with Crippen molar-refractivity contribution in [3.63, 3.8) is 0 Å². The van der Waals surface area contributed by atoms with Gasteiger partial charge in [0.25, 0.3) is 0 Å². The number of phenols is 1. The van der Waals surface area contributed by atoms with Gasteiger partial charge >= 0.3 is 6.09 Å². The summed E-state index contributed by atoms with van der Waals surface area (Å²) < 4.78 is 19.3. The number of nitrogens with two attached hydrogens (primary N) is 1. The third-order valence-electron chi connectivity index (χ3n) is 10.3. The number of anilines is 1. The van der Waals surface area contributed by atoms with E-state index in [0.29, 0.717) is 5.56 Å². The standard InChI is InChI=1S/C37H38N2O8Si/c1-6-18-45-35(44)39-28-14-12-10-11-13-15-29(41)37(36(28,47-37)22(5)46-48(7-2,8-3)9-4)26-20-27(40)30-31(32(26)39)33(42)24-17-16-23(21-38)19-25(24)34(30)43/h6,10-11,16-17,19-20,22,28-29,40-41H,1,7-9,18,21,38H2,2-5H3/b11-10-/t22-,28+,29-,36+,37+/m1/s1. The van der Waals surface area contributed by atoms with Crippen LogP contribution >= 0.6 is 0 Å². The van der Waals surface area contributed by atoms with E-state index in [-0.39, 0.29) is 46.7 Å². The highest BCUT2D eigenvalue weighted by Crippen LogP contribution is 2.69. The van der Waals surface area contributed by atoms with Crippen molar-refractivity contribution in [1.82, 2.24) is 0 Å². The number of carbonyl (C=O) groups excluding carboxylic acids is 3. The van der Waals surface area contributed by atoms with E-state index in [2.05, 4.69) is 51.0 Å². The Bertz CT molecular complexity index is 1900. The zero-order valence-electron chi connectivity index (χ0n) is 27.4. The van der Waals surface area contributed by atoms with Gasteiger partial charge in [-0.15, -0.1) is 0 Å². The predicted molar refractivity (Wildman–Crippen MR) is 181 cm³/mol. The van der Waals surface area contributed by atoms with Crippen LogP contribution in [0.3, 0.4) is 0 Å². The summed E-state index contributed by atoms with van der Waals surface area (Å²) in [7, 11) is -2.34. The first-order valence-corrected chi connectivity index (χ1v) is 18.7. The number of allylic oxidation sites excluding steroid dienone is 2. The molecule has 248 valence electrons. The first kappa shape index (κ1) is 33.4. The van der Waals surface area contributed by atoms with Crippen molar-refractivity contribution in [2.45, 2.75) is 81.8 Å². The average Bonchev–Trinajstić information content (AvgIpc) is 3.82. The van der Waals surface area contributed by atoms with Crippen molar-refractivity contribution in [3.05, 3.63) is 82.5 Å². The molecule has 2 heterocycles. The lowest BCUT2D eigenvalue weighted by Gasteiger charge is -2.45. The molecule has 1 amide bonds. The number of fused-ring (bicyclic) bond motifs is 4. The van der Waals surface area contributed by atoms with Gasteiger partial charge in [0, 0.05) is 23.2 Å². The summed E-state index contributed by atoms with van der Waals surface area (Å²) >= 11 is 0. The smallest absolute Gasteiger partial charge is 0.415 e. The van der Waals surface area contributed by atoms with Crippen LogP contribution in [0.1, 0.15) is 70.7 Å². The molecule has 4 N–H and O–H groups in total. The van der Waals surface area contributed by atoms with Crippen LogP contribution in [0.15, 0.2) is 49.1 Å². The summed E-state index contributed by atoms with van der Waals surface area (Å²) in [4.78, 5) is 44.0. The molecular weight excluding hydrogens is 628 g/mol. The van der Waals surface area contributed by atoms with Gasteiger partial charge in [-0.05, 0) is 61.0 Å². The number of phenolic OH excluding ortho intramolecular Hbond substituents is 1. The number of hydrogen-bond donors (Lipinski definition) is 3. The maximum atomic E-state index is 14.5. The number of amides is 1. The van der Waals surface area contributed by atoms with Crippen LogP contribution in [0.4, 0.5) is 10.5 Å². The number of rotatable bonds is 9. The van der Waals surface area contributed by atoms with Crippen molar-refractivity contribution in [2.75, 3.05) is 11.5 Å². The Morgan fingerprint density at radius 1 is 1.10 bits per heavy atom. The van der Waals surface area contributed by atoms with E-state index in [9.17, 15) is 24.6 Å². The van der Waals surface area contributed by atoms with E-state index in [0.717, 1.165) is 18.1 Å². The normalized spacial score (nSPS) is 25.8. The van der Waals surface area contributed by atoms with E-state index in [1.165, 1.54) is 41.3 Å². The maximum Gasteiger partial charge on any atom is 0.415 e. The molecule has 6 rings (SSSR count). The van der Waals surface area contributed by atoms with Crippen LogP contribution in [0.25, 0.3) is 0 Å². The third kappa shape index (κ3) is 4.54. The monoisotopic (exact) mass is 666 g/mol. The largest absolute Gasteiger partial charge is 0.507 e. The highest BCUT2D eigenvalue weighted by atomic mass is 28.4. The van der Waals surface area contributed by atoms with Crippen molar-refractivity contribution >= 4 is 31.7 Å². The number of epoxide rings is 1. The van der Waals surface area contributed by atoms with Crippen molar-refractivity contribution in [1.29, 1.82) is 0 Å². The average molecular weight is 667 g/mol. The zero-order chi connectivity index (χ0) is 34.6. The maximum absolute atomic E-state index is 14.5. The summed E-state index contributed by atoms with van der Waals surface area (Å²) in [6.45, 7) is 11.7. The Morgan fingerprint density at radius 2 is 1.77 bits per heavy atom. The van der Waals surface area contributed by atoms with Gasteiger partial charge in [0.05, 0.1) is 22.9 Å². The number of carbonyl (C=O) groups is 3. The topological polar surface area (TPSA) is 152 Å². The lowest BCUT2D eigenvalue weighted by molar-refractivity contribution is 0.0887. The molecule has 5 atom stereocenters. The van der Waals surface area contributed by atoms with Gasteiger partial charge in [0.1, 0.15) is 18.4 Å². The van der Waals surface area contributed by atoms with Crippen LogP contribution < -0.4 is 10.6 Å². The first-order chi connectivity index (χ1) is 23.0. The van der Waals surface area contributed by atoms with Crippen molar-refractivity contribution < 1.29 is 38.5 Å². The molecule has 2 aromatic carbocycles. The highest BCUT2D eigenvalue weighted by Gasteiger charge is 2.84. The number of ether oxygens (including phenoxy) is 2. The fraction of sp³-hybridized carbons (Fsp3) is 0.378. The van der Waals surface area contributed by atoms with Gasteiger partial charge in [0.15, 0.2) is 37.2 Å². The summed E-state index contributed by atoms with van der Waals surface area (Å²) in [5.74, 6) is 9.98. The van der Waals surface area contributed by atoms with Crippen LogP contribution in [0.5, 0.6) is 5.75 Å². The molecule has 1 saturated heterocycles. The summed E-state index contributed by atoms with van der Waals surface area (Å²) in [5, 5.41) is 23.6. The number of hydrogen-bond acceptors (Lipinski definition) is 9. The second-order valence-corrected chi connectivity index (χ2v) is 17.1. The fourth-order valence-corrected chi connectivity index (χ4v) is 10.5. The number of benzene rings is 2. The number of ketones is 2. The van der Waals surface area contributed by atoms with Gasteiger partial charge in [-0.3, -0.25) is 14.5 Å². The highest BCUT2D eigenvalue weighted by molar-refractivity contribution is 6.73. The van der Waals surface area contributed by atoms with E-state index in [1.54, 1.807) is 6.07 Å². The summed E-state index contributed by atoms with van der Waals surface area (Å²) in [6.07, 6.45) is 1.20. The third-order valence-corrected chi connectivity index (χ3v) is 15.0. The van der Waals surface area contributed by atoms with Crippen molar-refractivity contribution in [2.24, 2.45) is 5.73 Å². The molecular formula is C37H38N2O8Si. The lowest BCUT2D eigenvalue weighted by Crippen LogP contribution is -2.63. The SMILES string of the molecule is C=CCOC(=O)N1c2c(cc(O)c3c2C(=O)c2ccc(CN)cc2C3=O)[C@@]23O[C@@]2([C@@H](C)O[Si](CC)(CC)CC)[C@@H]1C#C/C=C\C#C[C@H]3O. The second kappa shape index (κ2) is 12.2. The molecule has 0 saturated carbocycles. The molecule has 2 aromatic rings. The van der Waals surface area contributed by atoms with Crippen molar-refractivity contribution in [3.8, 4) is 29.4 Å². The van der Waals surface area contributed by atoms with Gasteiger partial charge in [-0.2, -0.15) is 0 Å². The van der Waals surface area contributed by atoms with Crippen LogP contribution in [0.2, 0.25) is 18.1 Å². The summed E-state index contributed by atoms with van der Waals surface area (Å²) in [5.41, 5.74) is 2.89. The Labute approximate surface area is 280 Å². The van der Waals surface area contributed by atoms with E-state index < -0.39 is 61.2 Å². The Hall–Kier alpha value is -4.49. The summed E-state index contributed by atoms with van der Waals surface area (Å²) in [6, 6.07) is 7.21. The lowest BCUT2D eigenvalue weighted by atomic mass is 9.68. The molecule has 0 radical (unpaired) electrons. The molecule has 48 heavy (non-hydrogen) atoms. The minimum Gasteiger partial charge on any atom is -0.507 e.